The first-order valence-electron chi connectivity index (χ1n) is 5.86. The van der Waals surface area contributed by atoms with Gasteiger partial charge in [-0.3, -0.25) is 9.79 Å². The Bertz CT molecular complexity index is 498. The van der Waals surface area contributed by atoms with Crippen molar-refractivity contribution in [1.29, 1.82) is 0 Å². The van der Waals surface area contributed by atoms with Crippen LogP contribution in [0, 0.1) is 11.6 Å². The first-order chi connectivity index (χ1) is 9.04. The summed E-state index contributed by atoms with van der Waals surface area (Å²) < 4.78 is 25.8. The Morgan fingerprint density at radius 3 is 2.79 bits per heavy atom. The third kappa shape index (κ3) is 4.99. The zero-order valence-corrected chi connectivity index (χ0v) is 10.9. The second-order valence-electron chi connectivity index (χ2n) is 4.00. The predicted octanol–water partition coefficient (Wildman–Crippen LogP) is 2.79. The Hall–Kier alpha value is -2.04. The van der Waals surface area contributed by atoms with Crippen molar-refractivity contribution >= 4 is 12.1 Å². The minimum absolute atomic E-state index is 0.196. The van der Waals surface area contributed by atoms with E-state index < -0.39 is 11.6 Å². The molecule has 0 aromatic heterocycles. The molecule has 0 heterocycles. The molecule has 0 bridgehead atoms. The molecule has 0 fully saturated rings. The molecular weight excluding hydrogens is 250 g/mol. The highest BCUT2D eigenvalue weighted by atomic mass is 19.2. The second kappa shape index (κ2) is 7.41. The van der Waals surface area contributed by atoms with E-state index in [1.54, 1.807) is 32.3 Å². The predicted molar refractivity (Wildman–Crippen MR) is 71.1 cm³/mol. The number of carbonyl (C=O) groups excluding carboxylic acids is 1. The van der Waals surface area contributed by atoms with Crippen LogP contribution in [0.15, 0.2) is 35.3 Å². The molecular formula is C14H16F2N2O. The Labute approximate surface area is 111 Å². The van der Waals surface area contributed by atoms with E-state index in [4.69, 9.17) is 0 Å². The minimum atomic E-state index is -0.919. The van der Waals surface area contributed by atoms with Crippen molar-refractivity contribution in [3.05, 3.63) is 47.5 Å². The molecule has 0 radical (unpaired) electrons. The number of hydrogen-bond donors (Lipinski definition) is 1. The molecule has 0 aliphatic heterocycles. The molecule has 1 amide bonds. The van der Waals surface area contributed by atoms with Gasteiger partial charge in [0.2, 0.25) is 5.91 Å². The van der Waals surface area contributed by atoms with Gasteiger partial charge in [-0.25, -0.2) is 8.78 Å². The van der Waals surface area contributed by atoms with Gasteiger partial charge in [0, 0.05) is 19.7 Å². The smallest absolute Gasteiger partial charge is 0.224 e. The number of hydrogen-bond acceptors (Lipinski definition) is 2. The number of allylic oxidation sites excluding steroid dienone is 1. The highest BCUT2D eigenvalue weighted by Crippen LogP contribution is 2.15. The SMILES string of the molecule is C/N=C\C=C/CC(=O)NC(C)c1ccc(F)c(F)c1. The van der Waals surface area contributed by atoms with Crippen molar-refractivity contribution in [2.75, 3.05) is 7.05 Å². The van der Waals surface area contributed by atoms with Crippen LogP contribution in [0.25, 0.3) is 0 Å². The Morgan fingerprint density at radius 2 is 2.16 bits per heavy atom. The number of nitrogens with zero attached hydrogens (tertiary/aromatic N) is 1. The van der Waals surface area contributed by atoms with Gasteiger partial charge in [-0.15, -0.1) is 0 Å². The molecule has 5 heteroatoms. The fourth-order valence-electron chi connectivity index (χ4n) is 1.49. The lowest BCUT2D eigenvalue weighted by Crippen LogP contribution is -2.26. The van der Waals surface area contributed by atoms with E-state index in [1.165, 1.54) is 6.07 Å². The van der Waals surface area contributed by atoms with Crippen LogP contribution in [0.4, 0.5) is 8.78 Å². The van der Waals surface area contributed by atoms with Gasteiger partial charge >= 0.3 is 0 Å². The molecule has 0 aliphatic carbocycles. The summed E-state index contributed by atoms with van der Waals surface area (Å²) in [4.78, 5) is 15.3. The van der Waals surface area contributed by atoms with E-state index in [9.17, 15) is 13.6 Å². The molecule has 1 aromatic rings. The number of aliphatic imine (C=N–C) groups is 1. The van der Waals surface area contributed by atoms with Crippen LogP contribution in [0.1, 0.15) is 24.9 Å². The van der Waals surface area contributed by atoms with Gasteiger partial charge in [0.05, 0.1) is 6.04 Å². The zero-order chi connectivity index (χ0) is 14.3. The lowest BCUT2D eigenvalue weighted by atomic mass is 10.1. The Morgan fingerprint density at radius 1 is 1.42 bits per heavy atom. The van der Waals surface area contributed by atoms with E-state index in [1.807, 2.05) is 0 Å². The summed E-state index contributed by atoms with van der Waals surface area (Å²) in [7, 11) is 1.63. The molecule has 0 saturated heterocycles. The molecule has 19 heavy (non-hydrogen) atoms. The number of amides is 1. The summed E-state index contributed by atoms with van der Waals surface area (Å²) in [5.41, 5.74) is 0.520. The number of rotatable bonds is 5. The Kier molecular flexibility index (Phi) is 5.85. The van der Waals surface area contributed by atoms with Crippen LogP contribution in [-0.4, -0.2) is 19.2 Å². The second-order valence-corrected chi connectivity index (χ2v) is 4.00. The van der Waals surface area contributed by atoms with E-state index in [-0.39, 0.29) is 18.4 Å². The number of nitrogens with one attached hydrogen (secondary N) is 1. The van der Waals surface area contributed by atoms with Gasteiger partial charge in [0.25, 0.3) is 0 Å². The summed E-state index contributed by atoms with van der Waals surface area (Å²) in [6.07, 6.45) is 5.12. The normalized spacial score (nSPS) is 13.1. The maximum absolute atomic E-state index is 13.1. The van der Waals surface area contributed by atoms with Crippen molar-refractivity contribution in [2.24, 2.45) is 4.99 Å². The molecule has 1 rings (SSSR count). The highest BCUT2D eigenvalue weighted by molar-refractivity contribution is 5.79. The van der Waals surface area contributed by atoms with Crippen LogP contribution in [0.2, 0.25) is 0 Å². The number of halogens is 2. The average molecular weight is 266 g/mol. The zero-order valence-electron chi connectivity index (χ0n) is 10.9. The topological polar surface area (TPSA) is 41.5 Å². The molecule has 3 nitrogen and oxygen atoms in total. The monoisotopic (exact) mass is 266 g/mol. The van der Waals surface area contributed by atoms with E-state index in [2.05, 4.69) is 10.3 Å². The third-order valence-corrected chi connectivity index (χ3v) is 2.50. The molecule has 1 unspecified atom stereocenters. The summed E-state index contributed by atoms with van der Waals surface area (Å²) in [5, 5.41) is 2.70. The summed E-state index contributed by atoms with van der Waals surface area (Å²) in [6, 6.07) is 3.20. The number of benzene rings is 1. The lowest BCUT2D eigenvalue weighted by Gasteiger charge is -2.13. The maximum Gasteiger partial charge on any atom is 0.224 e. The van der Waals surface area contributed by atoms with Crippen LogP contribution in [0.5, 0.6) is 0 Å². The molecule has 0 spiro atoms. The fourth-order valence-corrected chi connectivity index (χ4v) is 1.49. The third-order valence-electron chi connectivity index (χ3n) is 2.50. The van der Waals surface area contributed by atoms with Crippen molar-refractivity contribution in [2.45, 2.75) is 19.4 Å². The summed E-state index contributed by atoms with van der Waals surface area (Å²) in [5.74, 6) is -2.01. The van der Waals surface area contributed by atoms with Gasteiger partial charge in [-0.05, 0) is 30.7 Å². The van der Waals surface area contributed by atoms with Gasteiger partial charge in [0.1, 0.15) is 0 Å². The first kappa shape index (κ1) is 15.0. The van der Waals surface area contributed by atoms with Gasteiger partial charge in [-0.2, -0.15) is 0 Å². The van der Waals surface area contributed by atoms with E-state index in [0.29, 0.717) is 5.56 Å². The Balaban J connectivity index is 2.56. The quantitative estimate of drug-likeness (QED) is 0.818. The van der Waals surface area contributed by atoms with Crippen LogP contribution in [0.3, 0.4) is 0 Å². The molecule has 1 N–H and O–H groups in total. The fraction of sp³-hybridized carbons (Fsp3) is 0.286. The van der Waals surface area contributed by atoms with Crippen LogP contribution < -0.4 is 5.32 Å². The van der Waals surface area contributed by atoms with Gasteiger partial charge in [0.15, 0.2) is 11.6 Å². The minimum Gasteiger partial charge on any atom is -0.349 e. The molecule has 0 aliphatic rings. The average Bonchev–Trinajstić information content (AvgIpc) is 2.38. The van der Waals surface area contributed by atoms with E-state index >= 15 is 0 Å². The van der Waals surface area contributed by atoms with Gasteiger partial charge < -0.3 is 5.32 Å². The maximum atomic E-state index is 13.1. The summed E-state index contributed by atoms with van der Waals surface area (Å²) >= 11 is 0. The summed E-state index contributed by atoms with van der Waals surface area (Å²) in [6.45, 7) is 1.71. The molecule has 102 valence electrons. The first-order valence-corrected chi connectivity index (χ1v) is 5.86. The molecule has 1 aromatic carbocycles. The standard InChI is InChI=1S/C14H16F2N2O/c1-10(11-6-7-12(15)13(16)9-11)18-14(19)5-3-4-8-17-2/h3-4,6-10H,5H2,1-2H3,(H,18,19)/b4-3-,17-8-. The van der Waals surface area contributed by atoms with Gasteiger partial charge in [-0.1, -0.05) is 12.1 Å². The van der Waals surface area contributed by atoms with Crippen molar-refractivity contribution in [3.63, 3.8) is 0 Å². The van der Waals surface area contributed by atoms with Crippen molar-refractivity contribution < 1.29 is 13.6 Å². The number of carbonyl (C=O) groups is 1. The lowest BCUT2D eigenvalue weighted by molar-refractivity contribution is -0.120. The largest absolute Gasteiger partial charge is 0.349 e. The van der Waals surface area contributed by atoms with Crippen LogP contribution >= 0.6 is 0 Å². The van der Waals surface area contributed by atoms with Crippen molar-refractivity contribution in [3.8, 4) is 0 Å². The van der Waals surface area contributed by atoms with Crippen molar-refractivity contribution in [1.82, 2.24) is 5.32 Å². The van der Waals surface area contributed by atoms with E-state index in [0.717, 1.165) is 12.1 Å². The highest BCUT2D eigenvalue weighted by Gasteiger charge is 2.11. The molecule has 0 saturated carbocycles. The van der Waals surface area contributed by atoms with Crippen LogP contribution in [-0.2, 0) is 4.79 Å². The molecule has 1 atom stereocenters.